The highest BCUT2D eigenvalue weighted by atomic mass is 32.1. The molecule has 0 aliphatic carbocycles. The molecule has 0 aromatic carbocycles. The van der Waals surface area contributed by atoms with Crippen molar-refractivity contribution in [2.24, 2.45) is 0 Å². The van der Waals surface area contributed by atoms with Crippen LogP contribution in [0.5, 0.6) is 0 Å². The number of hydrogen-bond donors (Lipinski definition) is 0. The maximum Gasteiger partial charge on any atom is -0.240 e. The van der Waals surface area contributed by atoms with Crippen LogP contribution in [0.1, 0.15) is 0 Å². The maximum absolute atomic E-state index is 4.27. The Balaban J connectivity index is 2.55. The molecule has 0 fully saturated rings. The summed E-state index contributed by atoms with van der Waals surface area (Å²) >= 11 is 8.54. The van der Waals surface area contributed by atoms with E-state index in [0.717, 1.165) is 0 Å². The van der Waals surface area contributed by atoms with E-state index in [-0.39, 0.29) is 0 Å². The fourth-order valence-corrected chi connectivity index (χ4v) is 0. The third-order valence-corrected chi connectivity index (χ3v) is 0.500. The van der Waals surface area contributed by atoms with E-state index in [1.165, 1.54) is 10.8 Å². The normalized spacial score (nSPS) is 9.00. The van der Waals surface area contributed by atoms with E-state index in [0.29, 0.717) is 0 Å². The van der Waals surface area contributed by atoms with Crippen molar-refractivity contribution in [3.05, 3.63) is 10.8 Å². The molecular formula is C2H2S2-2. The van der Waals surface area contributed by atoms with Crippen molar-refractivity contribution in [3.63, 3.8) is 0 Å². The Morgan fingerprint density at radius 1 is 1.00 bits per heavy atom. The Bertz CT molecular complexity index is 19.2. The fraction of sp³-hybridized carbons (Fsp3) is 0. The molecule has 24 valence electrons. The van der Waals surface area contributed by atoms with Crippen molar-refractivity contribution in [2.75, 3.05) is 0 Å². The topological polar surface area (TPSA) is 0 Å². The Morgan fingerprint density at radius 3 is 1.25 bits per heavy atom. The number of hydrogen-bond acceptors (Lipinski definition) is 2. The molecule has 0 aromatic heterocycles. The van der Waals surface area contributed by atoms with E-state index in [9.17, 15) is 0 Å². The summed E-state index contributed by atoms with van der Waals surface area (Å²) in [4.78, 5) is 0. The molecule has 0 aromatic rings. The zero-order valence-electron chi connectivity index (χ0n) is 1.97. The van der Waals surface area contributed by atoms with Gasteiger partial charge in [-0.15, -0.1) is 0 Å². The average Bonchev–Trinajstić information content (AvgIpc) is 1.37. The fourth-order valence-electron chi connectivity index (χ4n) is 0. The number of rotatable bonds is 0. The van der Waals surface area contributed by atoms with Crippen LogP contribution in [0.2, 0.25) is 0 Å². The minimum Gasteiger partial charge on any atom is -0.789 e. The van der Waals surface area contributed by atoms with E-state index >= 15 is 0 Å². The van der Waals surface area contributed by atoms with Crippen molar-refractivity contribution in [1.82, 2.24) is 0 Å². The summed E-state index contributed by atoms with van der Waals surface area (Å²) in [6.45, 7) is 0. The van der Waals surface area contributed by atoms with Gasteiger partial charge in [0, 0.05) is 0 Å². The van der Waals surface area contributed by atoms with Crippen LogP contribution < -0.4 is 0 Å². The van der Waals surface area contributed by atoms with Crippen molar-refractivity contribution in [1.29, 1.82) is 0 Å². The Kier molecular flexibility index (Phi) is 3.32. The molecule has 0 aliphatic rings. The lowest BCUT2D eigenvalue weighted by molar-refractivity contribution is 2.60. The van der Waals surface area contributed by atoms with Crippen LogP contribution in [-0.4, -0.2) is 0 Å². The first-order valence-electron chi connectivity index (χ1n) is 0.805. The second-order valence-corrected chi connectivity index (χ2v) is 0.816. The van der Waals surface area contributed by atoms with E-state index in [2.05, 4.69) is 25.3 Å². The van der Waals surface area contributed by atoms with Crippen LogP contribution in [0.4, 0.5) is 0 Å². The lowest BCUT2D eigenvalue weighted by Crippen LogP contribution is -1.31. The molecule has 0 radical (unpaired) electrons. The predicted octanol–water partition coefficient (Wildman–Crippen LogP) is 0.551. The zero-order valence-corrected chi connectivity index (χ0v) is 3.60. The first kappa shape index (κ1) is 4.18. The van der Waals surface area contributed by atoms with Crippen LogP contribution in [0.25, 0.3) is 0 Å². The van der Waals surface area contributed by atoms with Crippen molar-refractivity contribution in [2.45, 2.75) is 0 Å². The van der Waals surface area contributed by atoms with Gasteiger partial charge in [-0.2, -0.15) is 0 Å². The average molecular weight is 90.2 g/mol. The molecule has 0 unspecified atom stereocenters. The van der Waals surface area contributed by atoms with Crippen molar-refractivity contribution >= 4 is 25.3 Å². The molecule has 0 heterocycles. The summed E-state index contributed by atoms with van der Waals surface area (Å²) < 4.78 is 0. The highest BCUT2D eigenvalue weighted by Crippen LogP contribution is 1.52. The van der Waals surface area contributed by atoms with Crippen LogP contribution in [0.15, 0.2) is 10.8 Å². The molecule has 2 heteroatoms. The van der Waals surface area contributed by atoms with Gasteiger partial charge in [-0.3, -0.25) is 0 Å². The molecule has 0 bridgehead atoms. The van der Waals surface area contributed by atoms with Gasteiger partial charge in [0.25, 0.3) is 0 Å². The molecule has 4 heavy (non-hydrogen) atoms. The van der Waals surface area contributed by atoms with Gasteiger partial charge < -0.3 is 25.3 Å². The Labute approximate surface area is 36.7 Å². The van der Waals surface area contributed by atoms with Gasteiger partial charge in [0.05, 0.1) is 0 Å². The lowest BCUT2D eigenvalue weighted by Gasteiger charge is -1.87. The Morgan fingerprint density at radius 2 is 1.25 bits per heavy atom. The summed E-state index contributed by atoms with van der Waals surface area (Å²) in [6.07, 6.45) is 0. The third-order valence-electron chi connectivity index (χ3n) is 0.0556. The quantitative estimate of drug-likeness (QED) is 0.398. The Hall–Kier alpha value is 0.180. The third kappa shape index (κ3) is 2.18. The highest BCUT2D eigenvalue weighted by Gasteiger charge is 1.02. The molecule has 0 N–H and O–H groups in total. The van der Waals surface area contributed by atoms with Crippen LogP contribution >= 0.6 is 0 Å². The maximum atomic E-state index is 4.27. The summed E-state index contributed by atoms with van der Waals surface area (Å²) in [5.41, 5.74) is 0. The molecule has 0 amide bonds. The molecule has 0 aliphatic heterocycles. The van der Waals surface area contributed by atoms with Gasteiger partial charge in [0.15, 0.2) is 0 Å². The minimum absolute atomic E-state index is 1.40. The largest absolute Gasteiger partial charge is 0.789 e. The smallest absolute Gasteiger partial charge is 0.240 e. The van der Waals surface area contributed by atoms with Gasteiger partial charge in [0.1, 0.15) is 0 Å². The summed E-state index contributed by atoms with van der Waals surface area (Å²) in [5, 5.41) is 2.80. The van der Waals surface area contributed by atoms with Crippen LogP contribution in [-0.2, 0) is 25.3 Å². The van der Waals surface area contributed by atoms with Crippen LogP contribution in [0.3, 0.4) is 0 Å². The molecule has 0 atom stereocenters. The monoisotopic (exact) mass is 90.0 g/mol. The molecule has 0 spiro atoms. The van der Waals surface area contributed by atoms with E-state index < -0.39 is 0 Å². The SMILES string of the molecule is [S-]/C=C/[S-]. The molecule has 0 rings (SSSR count). The lowest BCUT2D eigenvalue weighted by atomic mass is 11.3. The zero-order chi connectivity index (χ0) is 3.41. The molecule has 0 saturated carbocycles. The predicted molar refractivity (Wildman–Crippen MR) is 23.9 cm³/mol. The van der Waals surface area contributed by atoms with E-state index in [4.69, 9.17) is 0 Å². The van der Waals surface area contributed by atoms with Crippen molar-refractivity contribution < 1.29 is 0 Å². The molecule has 0 nitrogen and oxygen atoms in total. The van der Waals surface area contributed by atoms with Crippen molar-refractivity contribution in [3.8, 4) is 0 Å². The minimum atomic E-state index is 1.40. The van der Waals surface area contributed by atoms with Gasteiger partial charge in [0.2, 0.25) is 0 Å². The summed E-state index contributed by atoms with van der Waals surface area (Å²) in [7, 11) is 0. The van der Waals surface area contributed by atoms with E-state index in [1.807, 2.05) is 0 Å². The van der Waals surface area contributed by atoms with Gasteiger partial charge in [-0.25, -0.2) is 10.8 Å². The summed E-state index contributed by atoms with van der Waals surface area (Å²) in [5.74, 6) is 0. The highest BCUT2D eigenvalue weighted by molar-refractivity contribution is 7.66. The molecule has 0 saturated heterocycles. The first-order valence-corrected chi connectivity index (χ1v) is 1.75. The second kappa shape index (κ2) is 3.18. The van der Waals surface area contributed by atoms with Gasteiger partial charge in [-0.05, 0) is 0 Å². The van der Waals surface area contributed by atoms with Gasteiger partial charge in [-0.1, -0.05) is 0 Å². The standard InChI is InChI=1S/C2H4S2/c3-1-2-4/h1-4H/p-2/b2-1+. The molecular weight excluding hydrogens is 88.2 g/mol. The van der Waals surface area contributed by atoms with Crippen LogP contribution in [0, 0.1) is 0 Å². The van der Waals surface area contributed by atoms with E-state index in [1.54, 1.807) is 0 Å². The first-order chi connectivity index (χ1) is 1.91. The van der Waals surface area contributed by atoms with Gasteiger partial charge >= 0.3 is 0 Å². The summed E-state index contributed by atoms with van der Waals surface area (Å²) in [6, 6.07) is 0. The second-order valence-electron chi connectivity index (χ2n) is 0.272.